The number of sulfone groups is 1. The minimum Gasteiger partial charge on any atom is -0.326 e. The molecule has 0 aromatic heterocycles. The number of anilines is 2. The summed E-state index contributed by atoms with van der Waals surface area (Å²) in [5.41, 5.74) is 0.923. The molecule has 1 aliphatic carbocycles. The van der Waals surface area contributed by atoms with Crippen molar-refractivity contribution in [3.05, 3.63) is 52.0 Å². The molecule has 2 amide bonds. The Morgan fingerprint density at radius 1 is 1.00 bits per heavy atom. The van der Waals surface area contributed by atoms with E-state index < -0.39 is 15.7 Å². The third-order valence-electron chi connectivity index (χ3n) is 4.57. The summed E-state index contributed by atoms with van der Waals surface area (Å²) >= 11 is 12.5. The van der Waals surface area contributed by atoms with E-state index in [1.807, 2.05) is 0 Å². The van der Waals surface area contributed by atoms with Crippen molar-refractivity contribution in [1.82, 2.24) is 0 Å². The third-order valence-corrected chi connectivity index (χ3v) is 6.29. The molecule has 0 aliphatic heterocycles. The molecule has 0 unspecified atom stereocenters. The van der Waals surface area contributed by atoms with Gasteiger partial charge in [0.2, 0.25) is 5.91 Å². The standard InChI is InChI=1S/C19H18Cl2N2O4S/c1-28(26,27)14-7-5-12(6-8-14)19(25)23-17-15(20)9-13(10-16(17)21)22-18(24)11-3-2-4-11/h5-11H,2-4H2,1H3,(H,22,24)(H,23,25). The summed E-state index contributed by atoms with van der Waals surface area (Å²) in [5.74, 6) is -0.539. The predicted molar refractivity (Wildman–Crippen MR) is 110 cm³/mol. The minimum atomic E-state index is -3.34. The molecule has 1 fully saturated rings. The van der Waals surface area contributed by atoms with Gasteiger partial charge in [-0.2, -0.15) is 0 Å². The van der Waals surface area contributed by atoms with Gasteiger partial charge in [0.05, 0.1) is 20.6 Å². The van der Waals surface area contributed by atoms with Crippen molar-refractivity contribution in [2.24, 2.45) is 5.92 Å². The molecule has 0 heterocycles. The lowest BCUT2D eigenvalue weighted by molar-refractivity contribution is -0.122. The minimum absolute atomic E-state index is 0.0202. The Bertz CT molecular complexity index is 1010. The zero-order valence-corrected chi connectivity index (χ0v) is 17.3. The molecule has 0 atom stereocenters. The lowest BCUT2D eigenvalue weighted by atomic mass is 9.85. The molecule has 2 aromatic carbocycles. The van der Waals surface area contributed by atoms with E-state index in [-0.39, 0.29) is 38.0 Å². The highest BCUT2D eigenvalue weighted by Crippen LogP contribution is 2.35. The second-order valence-corrected chi connectivity index (χ2v) is 9.51. The molecule has 3 rings (SSSR count). The van der Waals surface area contributed by atoms with E-state index in [0.29, 0.717) is 5.69 Å². The lowest BCUT2D eigenvalue weighted by Crippen LogP contribution is -2.28. The fourth-order valence-electron chi connectivity index (χ4n) is 2.72. The van der Waals surface area contributed by atoms with Crippen LogP contribution in [0.5, 0.6) is 0 Å². The van der Waals surface area contributed by atoms with Gasteiger partial charge in [0.25, 0.3) is 5.91 Å². The van der Waals surface area contributed by atoms with Crippen LogP contribution in [0.4, 0.5) is 11.4 Å². The maximum Gasteiger partial charge on any atom is 0.255 e. The van der Waals surface area contributed by atoms with Crippen LogP contribution in [0.3, 0.4) is 0 Å². The van der Waals surface area contributed by atoms with Crippen LogP contribution in [0.1, 0.15) is 29.6 Å². The molecule has 148 valence electrons. The molecular weight excluding hydrogens is 423 g/mol. The number of rotatable bonds is 5. The van der Waals surface area contributed by atoms with Crippen molar-refractivity contribution >= 4 is 56.2 Å². The van der Waals surface area contributed by atoms with Crippen molar-refractivity contribution < 1.29 is 18.0 Å². The highest BCUT2D eigenvalue weighted by molar-refractivity contribution is 7.90. The van der Waals surface area contributed by atoms with Crippen LogP contribution < -0.4 is 10.6 Å². The zero-order chi connectivity index (χ0) is 20.5. The summed E-state index contributed by atoms with van der Waals surface area (Å²) in [6.07, 6.45) is 3.89. The molecule has 1 aliphatic rings. The van der Waals surface area contributed by atoms with Gasteiger partial charge in [0.15, 0.2) is 9.84 Å². The predicted octanol–water partition coefficient (Wildman–Crippen LogP) is 4.39. The van der Waals surface area contributed by atoms with E-state index in [9.17, 15) is 18.0 Å². The first-order valence-electron chi connectivity index (χ1n) is 8.56. The molecular formula is C19H18Cl2N2O4S. The maximum atomic E-state index is 12.4. The number of halogens is 2. The summed E-state index contributed by atoms with van der Waals surface area (Å²) in [7, 11) is -3.34. The Kier molecular flexibility index (Phi) is 5.98. The molecule has 2 aromatic rings. The van der Waals surface area contributed by atoms with E-state index in [0.717, 1.165) is 25.5 Å². The highest BCUT2D eigenvalue weighted by Gasteiger charge is 2.25. The van der Waals surface area contributed by atoms with E-state index in [2.05, 4.69) is 10.6 Å². The fraction of sp³-hybridized carbons (Fsp3) is 0.263. The van der Waals surface area contributed by atoms with E-state index in [1.165, 1.54) is 36.4 Å². The summed E-state index contributed by atoms with van der Waals surface area (Å²) in [4.78, 5) is 24.6. The average molecular weight is 441 g/mol. The van der Waals surface area contributed by atoms with Gasteiger partial charge in [0, 0.05) is 23.4 Å². The number of nitrogens with one attached hydrogen (secondary N) is 2. The van der Waals surface area contributed by atoms with Crippen molar-refractivity contribution in [1.29, 1.82) is 0 Å². The number of hydrogen-bond donors (Lipinski definition) is 2. The highest BCUT2D eigenvalue weighted by atomic mass is 35.5. The molecule has 0 saturated heterocycles. The first kappa shape index (κ1) is 20.6. The second-order valence-electron chi connectivity index (χ2n) is 6.68. The summed E-state index contributed by atoms with van der Waals surface area (Å²) in [6.45, 7) is 0. The molecule has 0 spiro atoms. The normalized spacial score (nSPS) is 14.2. The Balaban J connectivity index is 1.74. The molecule has 9 heteroatoms. The molecule has 2 N–H and O–H groups in total. The lowest BCUT2D eigenvalue weighted by Gasteiger charge is -2.24. The van der Waals surface area contributed by atoms with Crippen LogP contribution >= 0.6 is 23.2 Å². The maximum absolute atomic E-state index is 12.4. The fourth-order valence-corrected chi connectivity index (χ4v) is 3.93. The number of hydrogen-bond acceptors (Lipinski definition) is 4. The van der Waals surface area contributed by atoms with Crippen LogP contribution in [0.2, 0.25) is 10.0 Å². The van der Waals surface area contributed by atoms with Gasteiger partial charge in [-0.25, -0.2) is 8.42 Å². The number of benzene rings is 2. The number of carbonyl (C=O) groups is 2. The first-order valence-corrected chi connectivity index (χ1v) is 11.2. The van der Waals surface area contributed by atoms with Crippen LogP contribution in [0, 0.1) is 5.92 Å². The topological polar surface area (TPSA) is 92.3 Å². The molecule has 1 saturated carbocycles. The Labute approximate surface area is 173 Å². The van der Waals surface area contributed by atoms with Gasteiger partial charge in [-0.3, -0.25) is 9.59 Å². The summed E-state index contributed by atoms with van der Waals surface area (Å²) < 4.78 is 23.0. The van der Waals surface area contributed by atoms with Gasteiger partial charge in [0.1, 0.15) is 0 Å². The van der Waals surface area contributed by atoms with Crippen molar-refractivity contribution in [3.63, 3.8) is 0 Å². The van der Waals surface area contributed by atoms with E-state index in [1.54, 1.807) is 0 Å². The van der Waals surface area contributed by atoms with Crippen molar-refractivity contribution in [2.45, 2.75) is 24.2 Å². The van der Waals surface area contributed by atoms with Crippen LogP contribution in [0.15, 0.2) is 41.3 Å². The Morgan fingerprint density at radius 3 is 2.04 bits per heavy atom. The number of amides is 2. The largest absolute Gasteiger partial charge is 0.326 e. The zero-order valence-electron chi connectivity index (χ0n) is 15.0. The van der Waals surface area contributed by atoms with E-state index >= 15 is 0 Å². The Morgan fingerprint density at radius 2 is 1.57 bits per heavy atom. The second kappa shape index (κ2) is 8.11. The van der Waals surface area contributed by atoms with Crippen LogP contribution in [-0.4, -0.2) is 26.5 Å². The molecule has 0 radical (unpaired) electrons. The number of carbonyl (C=O) groups excluding carboxylic acids is 2. The van der Waals surface area contributed by atoms with Gasteiger partial charge >= 0.3 is 0 Å². The summed E-state index contributed by atoms with van der Waals surface area (Å²) in [5, 5.41) is 5.75. The van der Waals surface area contributed by atoms with Crippen molar-refractivity contribution in [3.8, 4) is 0 Å². The summed E-state index contributed by atoms with van der Waals surface area (Å²) in [6, 6.07) is 8.55. The first-order chi connectivity index (χ1) is 13.1. The average Bonchev–Trinajstić information content (AvgIpc) is 2.55. The monoisotopic (exact) mass is 440 g/mol. The molecule has 28 heavy (non-hydrogen) atoms. The van der Waals surface area contributed by atoms with Crippen LogP contribution in [-0.2, 0) is 14.6 Å². The van der Waals surface area contributed by atoms with Crippen molar-refractivity contribution in [2.75, 3.05) is 16.9 Å². The van der Waals surface area contributed by atoms with Gasteiger partial charge in [-0.05, 0) is 49.2 Å². The quantitative estimate of drug-likeness (QED) is 0.720. The molecule has 0 bridgehead atoms. The van der Waals surface area contributed by atoms with E-state index in [4.69, 9.17) is 23.2 Å². The SMILES string of the molecule is CS(=O)(=O)c1ccc(C(=O)Nc2c(Cl)cc(NC(=O)C3CCC3)cc2Cl)cc1. The van der Waals surface area contributed by atoms with Gasteiger partial charge < -0.3 is 10.6 Å². The third kappa shape index (κ3) is 4.66. The molecule has 6 nitrogen and oxygen atoms in total. The Hall–Kier alpha value is -2.09. The van der Waals surface area contributed by atoms with Crippen LogP contribution in [0.25, 0.3) is 0 Å². The van der Waals surface area contributed by atoms with Gasteiger partial charge in [-0.1, -0.05) is 29.6 Å². The smallest absolute Gasteiger partial charge is 0.255 e. The van der Waals surface area contributed by atoms with Gasteiger partial charge in [-0.15, -0.1) is 0 Å².